The van der Waals surface area contributed by atoms with Crippen molar-refractivity contribution in [2.45, 2.75) is 53.5 Å². The molecule has 28 heavy (non-hydrogen) atoms. The molecule has 1 fully saturated rings. The Balaban J connectivity index is 1.93. The number of esters is 1. The smallest absolute Gasteiger partial charge is 0.350 e. The minimum atomic E-state index is -0.299. The molecule has 8 heteroatoms. The molecule has 0 aromatic carbocycles. The van der Waals surface area contributed by atoms with Crippen molar-refractivity contribution in [3.05, 3.63) is 15.6 Å². The van der Waals surface area contributed by atoms with Crippen LogP contribution in [0.15, 0.2) is 4.99 Å². The molecule has 1 unspecified atom stereocenters. The van der Waals surface area contributed by atoms with Crippen molar-refractivity contribution in [1.29, 1.82) is 0 Å². The maximum absolute atomic E-state index is 12.0. The predicted octanol–water partition coefficient (Wildman–Crippen LogP) is 2.98. The van der Waals surface area contributed by atoms with E-state index in [4.69, 9.17) is 9.73 Å². The number of hydrogen-bond donors (Lipinski definition) is 2. The molecule has 1 aromatic rings. The molecule has 0 aliphatic carbocycles. The van der Waals surface area contributed by atoms with Gasteiger partial charge in [0.2, 0.25) is 0 Å². The van der Waals surface area contributed by atoms with E-state index in [2.05, 4.69) is 34.4 Å². The van der Waals surface area contributed by atoms with E-state index in [0.29, 0.717) is 17.2 Å². The average Bonchev–Trinajstić information content (AvgIpc) is 3.06. The number of piperidine rings is 1. The lowest BCUT2D eigenvalue weighted by Crippen LogP contribution is -2.40. The summed E-state index contributed by atoms with van der Waals surface area (Å²) in [6.45, 7) is 15.3. The standard InChI is InChI=1S/C20H35N5O2S/c1-6-21-20(22-10-13-25-11-8-14(3)9-12-25)24-16(5)18-23-15(4)17(28-18)19(26)27-7-2/h14,16H,6-13H2,1-5H3,(H2,21,22,24). The highest BCUT2D eigenvalue weighted by atomic mass is 32.1. The fourth-order valence-corrected chi connectivity index (χ4v) is 4.13. The van der Waals surface area contributed by atoms with Crippen LogP contribution in [-0.2, 0) is 4.74 Å². The Morgan fingerprint density at radius 2 is 2.11 bits per heavy atom. The molecule has 2 heterocycles. The summed E-state index contributed by atoms with van der Waals surface area (Å²) in [6.07, 6.45) is 2.57. The lowest BCUT2D eigenvalue weighted by Gasteiger charge is -2.29. The van der Waals surface area contributed by atoms with Crippen LogP contribution in [0.2, 0.25) is 0 Å². The second-order valence-corrected chi connectivity index (χ2v) is 8.37. The summed E-state index contributed by atoms with van der Waals surface area (Å²) >= 11 is 1.38. The van der Waals surface area contributed by atoms with Gasteiger partial charge in [0.05, 0.1) is 24.9 Å². The number of hydrogen-bond acceptors (Lipinski definition) is 6. The third kappa shape index (κ3) is 6.74. The first kappa shape index (κ1) is 22.6. The van der Waals surface area contributed by atoms with E-state index in [-0.39, 0.29) is 12.0 Å². The first-order chi connectivity index (χ1) is 13.4. The summed E-state index contributed by atoms with van der Waals surface area (Å²) in [5, 5.41) is 7.56. The van der Waals surface area contributed by atoms with Gasteiger partial charge in [0.1, 0.15) is 9.88 Å². The number of aryl methyl sites for hydroxylation is 1. The Morgan fingerprint density at radius 3 is 2.75 bits per heavy atom. The number of carbonyl (C=O) groups is 1. The van der Waals surface area contributed by atoms with E-state index in [1.807, 2.05) is 20.8 Å². The van der Waals surface area contributed by atoms with Gasteiger partial charge in [0.25, 0.3) is 0 Å². The molecular weight excluding hydrogens is 374 g/mol. The summed E-state index contributed by atoms with van der Waals surface area (Å²) in [4.78, 5) is 24.4. The van der Waals surface area contributed by atoms with Gasteiger partial charge in [-0.25, -0.2) is 9.78 Å². The molecule has 158 valence electrons. The zero-order valence-corrected chi connectivity index (χ0v) is 18.7. The van der Waals surface area contributed by atoms with Gasteiger partial charge in [-0.2, -0.15) is 0 Å². The monoisotopic (exact) mass is 409 g/mol. The molecule has 1 aliphatic rings. The van der Waals surface area contributed by atoms with Crippen molar-refractivity contribution in [2.24, 2.45) is 10.9 Å². The zero-order chi connectivity index (χ0) is 20.5. The number of ether oxygens (including phenoxy) is 1. The van der Waals surface area contributed by atoms with Crippen LogP contribution >= 0.6 is 11.3 Å². The highest BCUT2D eigenvalue weighted by Crippen LogP contribution is 2.24. The summed E-state index contributed by atoms with van der Waals surface area (Å²) in [5.41, 5.74) is 0.716. The molecule has 1 aromatic heterocycles. The second kappa shape index (κ2) is 11.4. The third-order valence-electron chi connectivity index (χ3n) is 4.90. The lowest BCUT2D eigenvalue weighted by atomic mass is 9.99. The number of nitrogens with one attached hydrogen (secondary N) is 2. The van der Waals surface area contributed by atoms with Crippen LogP contribution in [0, 0.1) is 12.8 Å². The first-order valence-corrected chi connectivity index (χ1v) is 11.2. The molecule has 2 N–H and O–H groups in total. The van der Waals surface area contributed by atoms with E-state index >= 15 is 0 Å². The molecule has 0 radical (unpaired) electrons. The average molecular weight is 410 g/mol. The van der Waals surface area contributed by atoms with E-state index in [9.17, 15) is 4.79 Å². The first-order valence-electron chi connectivity index (χ1n) is 10.4. The van der Waals surface area contributed by atoms with Crippen LogP contribution in [0.4, 0.5) is 0 Å². The molecule has 0 amide bonds. The van der Waals surface area contributed by atoms with Crippen molar-refractivity contribution in [3.63, 3.8) is 0 Å². The Labute approximate surface area is 173 Å². The Morgan fingerprint density at radius 1 is 1.39 bits per heavy atom. The second-order valence-electron chi connectivity index (χ2n) is 7.34. The van der Waals surface area contributed by atoms with Crippen molar-refractivity contribution >= 4 is 23.3 Å². The Hall–Kier alpha value is -1.67. The molecule has 1 atom stereocenters. The Bertz CT molecular complexity index is 653. The van der Waals surface area contributed by atoms with Gasteiger partial charge in [0, 0.05) is 13.1 Å². The normalized spacial score (nSPS) is 17.4. The van der Waals surface area contributed by atoms with Gasteiger partial charge < -0.3 is 20.3 Å². The molecule has 1 saturated heterocycles. The van der Waals surface area contributed by atoms with E-state index in [1.54, 1.807) is 0 Å². The largest absolute Gasteiger partial charge is 0.462 e. The number of aliphatic imine (C=N–C) groups is 1. The number of guanidine groups is 1. The van der Waals surface area contributed by atoms with Crippen LogP contribution < -0.4 is 10.6 Å². The van der Waals surface area contributed by atoms with Gasteiger partial charge >= 0.3 is 5.97 Å². The summed E-state index contributed by atoms with van der Waals surface area (Å²) in [6, 6.07) is -0.0412. The zero-order valence-electron chi connectivity index (χ0n) is 17.9. The minimum absolute atomic E-state index is 0.0412. The molecule has 1 aliphatic heterocycles. The summed E-state index contributed by atoms with van der Waals surface area (Å²) in [7, 11) is 0. The van der Waals surface area contributed by atoms with Crippen molar-refractivity contribution < 1.29 is 9.53 Å². The molecule has 7 nitrogen and oxygen atoms in total. The Kier molecular flexibility index (Phi) is 9.18. The molecule has 0 bridgehead atoms. The fourth-order valence-electron chi connectivity index (χ4n) is 3.16. The highest BCUT2D eigenvalue weighted by Gasteiger charge is 2.20. The topological polar surface area (TPSA) is 78.9 Å². The number of carbonyl (C=O) groups excluding carboxylic acids is 1. The number of nitrogens with zero attached hydrogens (tertiary/aromatic N) is 3. The maximum atomic E-state index is 12.0. The molecular formula is C20H35N5O2S. The quantitative estimate of drug-likeness (QED) is 0.390. The van der Waals surface area contributed by atoms with Crippen LogP contribution in [0.25, 0.3) is 0 Å². The van der Waals surface area contributed by atoms with Crippen LogP contribution in [0.5, 0.6) is 0 Å². The maximum Gasteiger partial charge on any atom is 0.350 e. The minimum Gasteiger partial charge on any atom is -0.462 e. The van der Waals surface area contributed by atoms with E-state index in [1.165, 1.54) is 37.3 Å². The van der Waals surface area contributed by atoms with E-state index < -0.39 is 0 Å². The van der Waals surface area contributed by atoms with Crippen LogP contribution in [0.3, 0.4) is 0 Å². The van der Waals surface area contributed by atoms with Gasteiger partial charge in [-0.3, -0.25) is 4.99 Å². The molecule has 0 saturated carbocycles. The number of aromatic nitrogens is 1. The number of likely N-dealkylation sites (tertiary alicyclic amines) is 1. The summed E-state index contributed by atoms with van der Waals surface area (Å²) < 4.78 is 5.11. The van der Waals surface area contributed by atoms with E-state index in [0.717, 1.165) is 36.5 Å². The van der Waals surface area contributed by atoms with Crippen LogP contribution in [0.1, 0.15) is 67.0 Å². The van der Waals surface area contributed by atoms with Gasteiger partial charge in [-0.1, -0.05) is 6.92 Å². The van der Waals surface area contributed by atoms with Gasteiger partial charge in [0.15, 0.2) is 5.96 Å². The van der Waals surface area contributed by atoms with Crippen molar-refractivity contribution in [2.75, 3.05) is 39.3 Å². The van der Waals surface area contributed by atoms with Crippen LogP contribution in [-0.4, -0.2) is 61.1 Å². The molecule has 2 rings (SSSR count). The SMILES string of the molecule is CCNC(=NCCN1CCC(C)CC1)NC(C)c1nc(C)c(C(=O)OCC)s1. The lowest BCUT2D eigenvalue weighted by molar-refractivity contribution is 0.0531. The molecule has 0 spiro atoms. The third-order valence-corrected chi connectivity index (χ3v) is 6.22. The van der Waals surface area contributed by atoms with Crippen molar-refractivity contribution in [3.8, 4) is 0 Å². The number of rotatable bonds is 8. The van der Waals surface area contributed by atoms with Gasteiger partial charge in [-0.05, 0) is 59.5 Å². The highest BCUT2D eigenvalue weighted by molar-refractivity contribution is 7.13. The van der Waals surface area contributed by atoms with Crippen molar-refractivity contribution in [1.82, 2.24) is 20.5 Å². The summed E-state index contributed by atoms with van der Waals surface area (Å²) in [5.74, 6) is 1.33. The predicted molar refractivity (Wildman–Crippen MR) is 115 cm³/mol. The fraction of sp³-hybridized carbons (Fsp3) is 0.750. The number of thiazole rings is 1. The van der Waals surface area contributed by atoms with Gasteiger partial charge in [-0.15, -0.1) is 11.3 Å².